The average molecular weight is 180 g/mol. The number of rotatable bonds is 2. The van der Waals surface area contributed by atoms with Crippen LogP contribution in [0.1, 0.15) is 9.67 Å². The van der Waals surface area contributed by atoms with E-state index in [1.165, 1.54) is 6.26 Å². The van der Waals surface area contributed by atoms with E-state index in [4.69, 9.17) is 0 Å². The van der Waals surface area contributed by atoms with Crippen molar-refractivity contribution in [2.24, 2.45) is 0 Å². The van der Waals surface area contributed by atoms with Crippen LogP contribution in [-0.2, 0) is 0 Å². The van der Waals surface area contributed by atoms with Crippen molar-refractivity contribution in [2.75, 3.05) is 0 Å². The molecule has 2 aromatic heterocycles. The Morgan fingerprint density at radius 2 is 2.50 bits per heavy atom. The first-order valence-corrected chi connectivity index (χ1v) is 3.99. The summed E-state index contributed by atoms with van der Waals surface area (Å²) in [4.78, 5) is 10.9. The molecule has 5 heteroatoms. The Bertz CT molecular complexity index is 380. The molecule has 0 N–H and O–H groups in total. The van der Waals surface area contributed by atoms with Crippen molar-refractivity contribution in [2.45, 2.75) is 0 Å². The van der Waals surface area contributed by atoms with Gasteiger partial charge in [0, 0.05) is 0 Å². The van der Waals surface area contributed by atoms with Crippen molar-refractivity contribution < 1.29 is 9.32 Å². The number of hydrogen-bond donors (Lipinski definition) is 0. The first kappa shape index (κ1) is 7.17. The molecular formula is C7H4N2O2S. The zero-order valence-corrected chi connectivity index (χ0v) is 6.75. The van der Waals surface area contributed by atoms with Crippen LogP contribution in [0, 0.1) is 0 Å². The molecule has 0 aromatic carbocycles. The Balaban J connectivity index is 2.41. The van der Waals surface area contributed by atoms with Gasteiger partial charge in [-0.15, -0.1) is 0 Å². The number of hydrogen-bond acceptors (Lipinski definition) is 5. The molecule has 2 heterocycles. The lowest BCUT2D eigenvalue weighted by Crippen LogP contribution is -1.69. The summed E-state index contributed by atoms with van der Waals surface area (Å²) < 4.78 is 8.68. The molecule has 12 heavy (non-hydrogen) atoms. The summed E-state index contributed by atoms with van der Waals surface area (Å²) >= 11 is 1.16. The number of aromatic nitrogens is 2. The standard InChI is InChI=1S/C7H4N2O2S/c10-3-6-1-7(9-12-6)5-2-8-11-4-5/h1-4H. The smallest absolute Gasteiger partial charge is 0.161 e. The topological polar surface area (TPSA) is 56.0 Å². The third kappa shape index (κ3) is 1.14. The molecule has 0 spiro atoms. The minimum atomic E-state index is 0.603. The fourth-order valence-corrected chi connectivity index (χ4v) is 1.38. The molecule has 0 saturated heterocycles. The summed E-state index contributed by atoms with van der Waals surface area (Å²) in [5, 5.41) is 3.53. The van der Waals surface area contributed by atoms with E-state index in [2.05, 4.69) is 14.1 Å². The fourth-order valence-electron chi connectivity index (χ4n) is 0.812. The third-order valence-electron chi connectivity index (χ3n) is 1.37. The van der Waals surface area contributed by atoms with Crippen LogP contribution in [0.3, 0.4) is 0 Å². The zero-order valence-electron chi connectivity index (χ0n) is 5.93. The molecule has 60 valence electrons. The van der Waals surface area contributed by atoms with Gasteiger partial charge in [0.05, 0.1) is 22.3 Å². The summed E-state index contributed by atoms with van der Waals surface area (Å²) in [6.45, 7) is 0. The Morgan fingerprint density at radius 3 is 3.08 bits per heavy atom. The Morgan fingerprint density at radius 1 is 1.58 bits per heavy atom. The van der Waals surface area contributed by atoms with E-state index >= 15 is 0 Å². The van der Waals surface area contributed by atoms with Gasteiger partial charge < -0.3 is 4.52 Å². The van der Waals surface area contributed by atoms with E-state index in [-0.39, 0.29) is 0 Å². The number of aldehydes is 1. The van der Waals surface area contributed by atoms with E-state index in [0.29, 0.717) is 4.88 Å². The van der Waals surface area contributed by atoms with E-state index in [9.17, 15) is 4.79 Å². The van der Waals surface area contributed by atoms with Gasteiger partial charge in [-0.2, -0.15) is 4.37 Å². The second-order valence-corrected chi connectivity index (χ2v) is 2.98. The maximum atomic E-state index is 10.3. The molecule has 0 aliphatic carbocycles. The van der Waals surface area contributed by atoms with Crippen molar-refractivity contribution >= 4 is 17.8 Å². The van der Waals surface area contributed by atoms with Crippen LogP contribution < -0.4 is 0 Å². The van der Waals surface area contributed by atoms with Gasteiger partial charge in [0.15, 0.2) is 6.29 Å². The molecule has 4 nitrogen and oxygen atoms in total. The van der Waals surface area contributed by atoms with Gasteiger partial charge in [0.25, 0.3) is 0 Å². The summed E-state index contributed by atoms with van der Waals surface area (Å²) in [6, 6.07) is 1.70. The fraction of sp³-hybridized carbons (Fsp3) is 0. The van der Waals surface area contributed by atoms with Crippen LogP contribution in [0.25, 0.3) is 11.3 Å². The highest BCUT2D eigenvalue weighted by Gasteiger charge is 2.04. The minimum Gasteiger partial charge on any atom is -0.364 e. The van der Waals surface area contributed by atoms with Crippen molar-refractivity contribution in [3.63, 3.8) is 0 Å². The highest BCUT2D eigenvalue weighted by atomic mass is 32.1. The molecule has 0 fully saturated rings. The van der Waals surface area contributed by atoms with Crippen LogP contribution in [0.2, 0.25) is 0 Å². The third-order valence-corrected chi connectivity index (χ3v) is 2.09. The molecule has 0 amide bonds. The van der Waals surface area contributed by atoms with Gasteiger partial charge in [0.1, 0.15) is 6.26 Å². The van der Waals surface area contributed by atoms with Crippen LogP contribution in [0.5, 0.6) is 0 Å². The van der Waals surface area contributed by atoms with Crippen LogP contribution >= 0.6 is 11.5 Å². The van der Waals surface area contributed by atoms with Crippen molar-refractivity contribution in [1.82, 2.24) is 9.53 Å². The van der Waals surface area contributed by atoms with Crippen molar-refractivity contribution in [3.05, 3.63) is 23.4 Å². The van der Waals surface area contributed by atoms with E-state index < -0.39 is 0 Å². The molecule has 0 unspecified atom stereocenters. The normalized spacial score (nSPS) is 10.0. The van der Waals surface area contributed by atoms with Crippen LogP contribution in [0.15, 0.2) is 23.0 Å². The van der Waals surface area contributed by atoms with Crippen LogP contribution in [0.4, 0.5) is 0 Å². The van der Waals surface area contributed by atoms with Gasteiger partial charge in [0.2, 0.25) is 0 Å². The summed E-state index contributed by atoms with van der Waals surface area (Å²) in [5.41, 5.74) is 1.52. The van der Waals surface area contributed by atoms with Crippen molar-refractivity contribution in [1.29, 1.82) is 0 Å². The summed E-state index contributed by atoms with van der Waals surface area (Å²) in [5.74, 6) is 0. The number of nitrogens with zero attached hydrogens (tertiary/aromatic N) is 2. The molecule has 0 bridgehead atoms. The van der Waals surface area contributed by atoms with E-state index in [1.54, 1.807) is 12.3 Å². The lowest BCUT2D eigenvalue weighted by Gasteiger charge is -1.81. The Kier molecular flexibility index (Phi) is 1.71. The molecule has 2 aromatic rings. The predicted molar refractivity (Wildman–Crippen MR) is 43.0 cm³/mol. The highest BCUT2D eigenvalue weighted by Crippen LogP contribution is 2.19. The maximum Gasteiger partial charge on any atom is 0.161 e. The highest BCUT2D eigenvalue weighted by molar-refractivity contribution is 7.07. The molecule has 0 aliphatic heterocycles. The van der Waals surface area contributed by atoms with Gasteiger partial charge in [-0.1, -0.05) is 5.16 Å². The molecule has 0 saturated carbocycles. The summed E-state index contributed by atoms with van der Waals surface area (Å²) in [7, 11) is 0. The second kappa shape index (κ2) is 2.86. The van der Waals surface area contributed by atoms with Crippen molar-refractivity contribution in [3.8, 4) is 11.3 Å². The maximum absolute atomic E-state index is 10.3. The SMILES string of the molecule is O=Cc1cc(-c2cnoc2)ns1. The number of carbonyl (C=O) groups excluding carboxylic acids is 1. The van der Waals surface area contributed by atoms with Gasteiger partial charge >= 0.3 is 0 Å². The lowest BCUT2D eigenvalue weighted by molar-refractivity contribution is 0.112. The molecule has 0 radical (unpaired) electrons. The van der Waals surface area contributed by atoms with E-state index in [0.717, 1.165) is 29.1 Å². The lowest BCUT2D eigenvalue weighted by atomic mass is 10.2. The zero-order chi connectivity index (χ0) is 8.39. The second-order valence-electron chi connectivity index (χ2n) is 2.15. The first-order valence-electron chi connectivity index (χ1n) is 3.22. The average Bonchev–Trinajstić information content (AvgIpc) is 2.75. The van der Waals surface area contributed by atoms with Crippen LogP contribution in [-0.4, -0.2) is 15.8 Å². The Hall–Kier alpha value is -1.49. The number of carbonyl (C=O) groups is 1. The minimum absolute atomic E-state index is 0.603. The van der Waals surface area contributed by atoms with E-state index in [1.807, 2.05) is 0 Å². The molecule has 2 rings (SSSR count). The van der Waals surface area contributed by atoms with Gasteiger partial charge in [-0.25, -0.2) is 0 Å². The molecular weight excluding hydrogens is 176 g/mol. The van der Waals surface area contributed by atoms with Gasteiger partial charge in [-0.3, -0.25) is 4.79 Å². The molecule has 0 aliphatic rings. The first-order chi connectivity index (χ1) is 5.90. The van der Waals surface area contributed by atoms with Gasteiger partial charge in [-0.05, 0) is 17.6 Å². The monoisotopic (exact) mass is 180 g/mol. The quantitative estimate of drug-likeness (QED) is 0.659. The predicted octanol–water partition coefficient (Wildman–Crippen LogP) is 1.61. The Labute approximate surface area is 72.0 Å². The summed E-state index contributed by atoms with van der Waals surface area (Å²) in [6.07, 6.45) is 3.82. The molecule has 0 atom stereocenters. The largest absolute Gasteiger partial charge is 0.364 e.